The first-order chi connectivity index (χ1) is 14.5. The molecule has 0 amide bonds. The standard InChI is InChI=1S/C23H40N6O/c1-5-24-23(27-20-12-16(2)29(14-20)21-6-7-21)25-13-19-8-10-28(11-9-19)15-22-26-17(3)18(4)30-22/h16,19-21H,5-15H2,1-4H3,(H2,24,25,27). The van der Waals surface area contributed by atoms with Crippen molar-refractivity contribution in [3.8, 4) is 0 Å². The maximum Gasteiger partial charge on any atom is 0.208 e. The molecule has 2 aliphatic heterocycles. The van der Waals surface area contributed by atoms with E-state index in [4.69, 9.17) is 9.41 Å². The molecule has 1 aliphatic carbocycles. The monoisotopic (exact) mass is 416 g/mol. The molecule has 3 heterocycles. The van der Waals surface area contributed by atoms with Gasteiger partial charge >= 0.3 is 0 Å². The molecule has 1 aromatic heterocycles. The largest absolute Gasteiger partial charge is 0.444 e. The Kier molecular flexibility index (Phi) is 6.98. The van der Waals surface area contributed by atoms with Crippen LogP contribution in [0.15, 0.2) is 9.41 Å². The van der Waals surface area contributed by atoms with Crippen LogP contribution in [0.1, 0.15) is 63.3 Å². The lowest BCUT2D eigenvalue weighted by atomic mass is 9.97. The molecule has 0 radical (unpaired) electrons. The number of hydrogen-bond acceptors (Lipinski definition) is 5. The van der Waals surface area contributed by atoms with Crippen molar-refractivity contribution in [1.82, 2.24) is 25.4 Å². The van der Waals surface area contributed by atoms with E-state index in [1.54, 1.807) is 0 Å². The van der Waals surface area contributed by atoms with Crippen LogP contribution in [0.25, 0.3) is 0 Å². The highest BCUT2D eigenvalue weighted by Gasteiger charge is 2.38. The summed E-state index contributed by atoms with van der Waals surface area (Å²) in [6.07, 6.45) is 6.38. The minimum absolute atomic E-state index is 0.521. The molecule has 1 aromatic rings. The van der Waals surface area contributed by atoms with E-state index >= 15 is 0 Å². The summed E-state index contributed by atoms with van der Waals surface area (Å²) in [6.45, 7) is 14.5. The first kappa shape index (κ1) is 21.6. The molecule has 30 heavy (non-hydrogen) atoms. The maximum atomic E-state index is 5.75. The minimum Gasteiger partial charge on any atom is -0.444 e. The van der Waals surface area contributed by atoms with E-state index in [2.05, 4.69) is 39.3 Å². The molecule has 7 heteroatoms. The van der Waals surface area contributed by atoms with Crippen molar-refractivity contribution in [2.45, 2.75) is 84.5 Å². The van der Waals surface area contributed by atoms with Gasteiger partial charge in [-0.25, -0.2) is 4.98 Å². The SMILES string of the molecule is CCNC(=NCC1CCN(Cc2nc(C)c(C)o2)CC1)NC1CC(C)N(C2CC2)C1. The van der Waals surface area contributed by atoms with Gasteiger partial charge in [-0.3, -0.25) is 14.8 Å². The summed E-state index contributed by atoms with van der Waals surface area (Å²) < 4.78 is 5.75. The van der Waals surface area contributed by atoms with Crippen molar-refractivity contribution in [2.24, 2.45) is 10.9 Å². The lowest BCUT2D eigenvalue weighted by molar-refractivity contribution is 0.166. The zero-order chi connectivity index (χ0) is 21.1. The van der Waals surface area contributed by atoms with Gasteiger partial charge in [0.1, 0.15) is 5.76 Å². The lowest BCUT2D eigenvalue weighted by Crippen LogP contribution is -2.45. The van der Waals surface area contributed by atoms with Crippen molar-refractivity contribution in [3.63, 3.8) is 0 Å². The average Bonchev–Trinajstić information content (AvgIpc) is 3.42. The predicted octanol–water partition coefficient (Wildman–Crippen LogP) is 2.68. The number of likely N-dealkylation sites (tertiary alicyclic amines) is 2. The summed E-state index contributed by atoms with van der Waals surface area (Å²) in [5.41, 5.74) is 1.01. The van der Waals surface area contributed by atoms with Crippen molar-refractivity contribution in [1.29, 1.82) is 0 Å². The van der Waals surface area contributed by atoms with E-state index in [0.717, 1.165) is 68.6 Å². The summed E-state index contributed by atoms with van der Waals surface area (Å²) in [4.78, 5) is 14.6. The van der Waals surface area contributed by atoms with Gasteiger partial charge in [-0.2, -0.15) is 0 Å². The maximum absolute atomic E-state index is 5.75. The Morgan fingerprint density at radius 3 is 2.60 bits per heavy atom. The van der Waals surface area contributed by atoms with Crippen LogP contribution in [0.3, 0.4) is 0 Å². The second kappa shape index (κ2) is 9.69. The van der Waals surface area contributed by atoms with Crippen LogP contribution >= 0.6 is 0 Å². The molecule has 2 saturated heterocycles. The topological polar surface area (TPSA) is 68.9 Å². The first-order valence-corrected chi connectivity index (χ1v) is 12.0. The second-order valence-electron chi connectivity index (χ2n) is 9.54. The number of oxazole rings is 1. The highest BCUT2D eigenvalue weighted by molar-refractivity contribution is 5.80. The molecule has 3 fully saturated rings. The highest BCUT2D eigenvalue weighted by atomic mass is 16.4. The van der Waals surface area contributed by atoms with Gasteiger partial charge in [-0.05, 0) is 78.8 Å². The van der Waals surface area contributed by atoms with E-state index < -0.39 is 0 Å². The van der Waals surface area contributed by atoms with Gasteiger partial charge < -0.3 is 15.1 Å². The number of aromatic nitrogens is 1. The van der Waals surface area contributed by atoms with Crippen LogP contribution in [0.5, 0.6) is 0 Å². The third-order valence-electron chi connectivity index (χ3n) is 6.97. The van der Waals surface area contributed by atoms with Gasteiger partial charge in [0.05, 0.1) is 12.2 Å². The van der Waals surface area contributed by atoms with Crippen LogP contribution < -0.4 is 10.6 Å². The van der Waals surface area contributed by atoms with Crippen LogP contribution in [-0.4, -0.2) is 71.6 Å². The third kappa shape index (κ3) is 5.55. The molecule has 2 unspecified atom stereocenters. The number of nitrogens with one attached hydrogen (secondary N) is 2. The number of hydrogen-bond donors (Lipinski definition) is 2. The van der Waals surface area contributed by atoms with Crippen molar-refractivity contribution in [3.05, 3.63) is 17.3 Å². The fraction of sp³-hybridized carbons (Fsp3) is 0.826. The fourth-order valence-corrected chi connectivity index (χ4v) is 4.93. The summed E-state index contributed by atoms with van der Waals surface area (Å²) in [5.74, 6) is 3.46. The van der Waals surface area contributed by atoms with Gasteiger partial charge in [0.15, 0.2) is 5.96 Å². The lowest BCUT2D eigenvalue weighted by Gasteiger charge is -2.30. The molecule has 0 aromatic carbocycles. The number of nitrogens with zero attached hydrogens (tertiary/aromatic N) is 4. The van der Waals surface area contributed by atoms with Gasteiger partial charge in [-0.1, -0.05) is 0 Å². The predicted molar refractivity (Wildman–Crippen MR) is 121 cm³/mol. The quantitative estimate of drug-likeness (QED) is 0.526. The molecule has 3 aliphatic rings. The molecule has 0 bridgehead atoms. The Morgan fingerprint density at radius 2 is 1.97 bits per heavy atom. The zero-order valence-electron chi connectivity index (χ0n) is 19.3. The third-order valence-corrected chi connectivity index (χ3v) is 6.97. The second-order valence-corrected chi connectivity index (χ2v) is 9.54. The van der Waals surface area contributed by atoms with Gasteiger partial charge in [-0.15, -0.1) is 0 Å². The number of rotatable bonds is 7. The Labute approximate surface area is 181 Å². The van der Waals surface area contributed by atoms with Crippen LogP contribution in [0.2, 0.25) is 0 Å². The van der Waals surface area contributed by atoms with Crippen molar-refractivity contribution >= 4 is 5.96 Å². The van der Waals surface area contributed by atoms with E-state index in [9.17, 15) is 0 Å². The van der Waals surface area contributed by atoms with Crippen LogP contribution in [-0.2, 0) is 6.54 Å². The van der Waals surface area contributed by atoms with Gasteiger partial charge in [0, 0.05) is 37.8 Å². The van der Waals surface area contributed by atoms with Crippen molar-refractivity contribution < 1.29 is 4.42 Å². The number of guanidine groups is 1. The normalized spacial score (nSPS) is 27.0. The number of piperidine rings is 1. The molecule has 168 valence electrons. The molecule has 2 atom stereocenters. The molecule has 2 N–H and O–H groups in total. The van der Waals surface area contributed by atoms with E-state index in [1.807, 2.05) is 13.8 Å². The Morgan fingerprint density at radius 1 is 1.20 bits per heavy atom. The first-order valence-electron chi connectivity index (χ1n) is 12.0. The molecule has 4 rings (SSSR count). The van der Waals surface area contributed by atoms with Gasteiger partial charge in [0.25, 0.3) is 0 Å². The van der Waals surface area contributed by atoms with E-state index in [0.29, 0.717) is 18.0 Å². The molecule has 7 nitrogen and oxygen atoms in total. The van der Waals surface area contributed by atoms with Crippen molar-refractivity contribution in [2.75, 3.05) is 32.7 Å². The molecular weight excluding hydrogens is 376 g/mol. The molecule has 0 spiro atoms. The zero-order valence-corrected chi connectivity index (χ0v) is 19.3. The molecular formula is C23H40N6O. The summed E-state index contributed by atoms with van der Waals surface area (Å²) in [5, 5.41) is 7.18. The number of aryl methyl sites for hydroxylation is 2. The van der Waals surface area contributed by atoms with E-state index in [-0.39, 0.29) is 0 Å². The summed E-state index contributed by atoms with van der Waals surface area (Å²) >= 11 is 0. The van der Waals surface area contributed by atoms with Crippen LogP contribution in [0, 0.1) is 19.8 Å². The Hall–Kier alpha value is -1.60. The smallest absolute Gasteiger partial charge is 0.208 e. The summed E-state index contributed by atoms with van der Waals surface area (Å²) in [7, 11) is 0. The Bertz CT molecular complexity index is 700. The van der Waals surface area contributed by atoms with E-state index in [1.165, 1.54) is 32.1 Å². The Balaban J connectivity index is 1.22. The summed E-state index contributed by atoms with van der Waals surface area (Å²) in [6, 6.07) is 2.06. The molecule has 1 saturated carbocycles. The minimum atomic E-state index is 0.521. The fourth-order valence-electron chi connectivity index (χ4n) is 4.93. The average molecular weight is 417 g/mol. The highest BCUT2D eigenvalue weighted by Crippen LogP contribution is 2.33. The number of aliphatic imine (C=N–C) groups is 1. The van der Waals surface area contributed by atoms with Gasteiger partial charge in [0.2, 0.25) is 5.89 Å². The van der Waals surface area contributed by atoms with Crippen LogP contribution in [0.4, 0.5) is 0 Å².